The number of carbonyl (C=O) groups is 2. The van der Waals surface area contributed by atoms with Gasteiger partial charge in [-0.25, -0.2) is 0 Å². The Hall–Kier alpha value is -1.54. The summed E-state index contributed by atoms with van der Waals surface area (Å²) in [5, 5.41) is 46.3. The highest BCUT2D eigenvalue weighted by molar-refractivity contribution is 6.04. The molecule has 7 heteroatoms. The van der Waals surface area contributed by atoms with Crippen LogP contribution < -0.4 is 0 Å². The number of rotatable bonds is 14. The minimum Gasteiger partial charge on any atom is -0.459 e. The fourth-order valence-electron chi connectivity index (χ4n) is 8.74. The van der Waals surface area contributed by atoms with Gasteiger partial charge in [0.1, 0.15) is 17.3 Å². The molecule has 0 aliphatic heterocycles. The molecule has 0 aromatic rings. The van der Waals surface area contributed by atoms with Crippen molar-refractivity contribution < 1.29 is 34.8 Å². The van der Waals surface area contributed by atoms with Crippen LogP contribution in [0, 0.1) is 29.1 Å². The largest absolute Gasteiger partial charge is 0.459 e. The van der Waals surface area contributed by atoms with Crippen LogP contribution in [0.1, 0.15) is 118 Å². The van der Waals surface area contributed by atoms with E-state index < -0.39 is 57.8 Å². The van der Waals surface area contributed by atoms with Crippen LogP contribution in [0.3, 0.4) is 0 Å². The van der Waals surface area contributed by atoms with Crippen LogP contribution >= 0.6 is 0 Å². The predicted octanol–water partition coefficient (Wildman–Crippen LogP) is 5.18. The number of carbonyl (C=O) groups excluding carboxylic acids is 2. The first-order valence-corrected chi connectivity index (χ1v) is 16.2. The van der Waals surface area contributed by atoms with Crippen molar-refractivity contribution in [2.45, 2.75) is 141 Å². The van der Waals surface area contributed by atoms with Gasteiger partial charge in [-0.1, -0.05) is 104 Å². The Kier molecular flexibility index (Phi) is 9.65. The SMILES string of the molecule is CCCCCCCCCCCCCC(=O)O[C@@H]1[C@@H](C)[C@@]2(O)[C@@H](C=C(CO)C[C@]3(O)C(=O)C(C)=C[C@@H]23)[C@H]2C(C)(C)[C@]12O. The summed E-state index contributed by atoms with van der Waals surface area (Å²) in [6.07, 6.45) is 15.6. The summed E-state index contributed by atoms with van der Waals surface area (Å²) in [7, 11) is 0. The number of aliphatic hydroxyl groups is 4. The lowest BCUT2D eigenvalue weighted by Gasteiger charge is -2.52. The van der Waals surface area contributed by atoms with Crippen LogP contribution in [-0.4, -0.2) is 61.7 Å². The van der Waals surface area contributed by atoms with Crippen molar-refractivity contribution in [3.8, 4) is 0 Å². The van der Waals surface area contributed by atoms with Gasteiger partial charge in [0.25, 0.3) is 0 Å². The quantitative estimate of drug-likeness (QED) is 0.128. The summed E-state index contributed by atoms with van der Waals surface area (Å²) in [4.78, 5) is 26.2. The standard InChI is InChI=1S/C34H54O7/c1-6-7-8-9-10-11-12-13-14-15-16-17-27(36)41-30-23(3)33(39)25(28-31(4,5)34(28,30)40)19-24(21-35)20-32(38)26(33)18-22(2)29(32)37/h18-19,23,25-26,28,30,35,38-40H,6-17,20-21H2,1-5H3/t23-,25+,26-,28+,30-,32-,33-,34-/m1/s1. The molecule has 41 heavy (non-hydrogen) atoms. The molecule has 0 saturated heterocycles. The second-order valence-electron chi connectivity index (χ2n) is 14.2. The van der Waals surface area contributed by atoms with Gasteiger partial charge in [-0.05, 0) is 24.5 Å². The maximum Gasteiger partial charge on any atom is 0.306 e. The van der Waals surface area contributed by atoms with Gasteiger partial charge in [0.05, 0.1) is 12.2 Å². The number of esters is 1. The van der Waals surface area contributed by atoms with E-state index in [9.17, 15) is 30.0 Å². The lowest BCUT2D eigenvalue weighted by Crippen LogP contribution is -2.65. The minimum atomic E-state index is -1.89. The number of Topliss-reactive ketones (excluding diaryl/α,β-unsaturated/α-hetero) is 1. The Balaban J connectivity index is 1.42. The second-order valence-corrected chi connectivity index (χ2v) is 14.2. The molecule has 0 unspecified atom stereocenters. The third-order valence-corrected chi connectivity index (χ3v) is 11.2. The van der Waals surface area contributed by atoms with E-state index in [0.29, 0.717) is 11.1 Å². The first-order chi connectivity index (χ1) is 19.3. The fourth-order valence-corrected chi connectivity index (χ4v) is 8.74. The zero-order chi connectivity index (χ0) is 30.2. The molecule has 0 amide bonds. The molecule has 4 rings (SSSR count). The first kappa shape index (κ1) is 32.4. The van der Waals surface area contributed by atoms with Gasteiger partial charge in [-0.2, -0.15) is 0 Å². The molecule has 0 spiro atoms. The highest BCUT2D eigenvalue weighted by Crippen LogP contribution is 2.75. The maximum absolute atomic E-state index is 13.2. The molecular weight excluding hydrogens is 520 g/mol. The molecule has 4 aliphatic carbocycles. The Morgan fingerprint density at radius 2 is 1.51 bits per heavy atom. The van der Waals surface area contributed by atoms with Crippen molar-refractivity contribution in [1.82, 2.24) is 0 Å². The molecule has 232 valence electrons. The molecule has 4 aliphatic rings. The van der Waals surface area contributed by atoms with E-state index in [1.807, 2.05) is 13.8 Å². The maximum atomic E-state index is 13.2. The van der Waals surface area contributed by atoms with Gasteiger partial charge in [-0.15, -0.1) is 0 Å². The van der Waals surface area contributed by atoms with Gasteiger partial charge >= 0.3 is 5.97 Å². The zero-order valence-corrected chi connectivity index (χ0v) is 26.0. The molecule has 4 N–H and O–H groups in total. The first-order valence-electron chi connectivity index (χ1n) is 16.2. The average molecular weight is 575 g/mol. The number of hydrogen-bond acceptors (Lipinski definition) is 7. The van der Waals surface area contributed by atoms with Crippen molar-refractivity contribution in [3.63, 3.8) is 0 Å². The molecule has 0 heterocycles. The van der Waals surface area contributed by atoms with E-state index >= 15 is 0 Å². The molecule has 7 nitrogen and oxygen atoms in total. The molecule has 8 atom stereocenters. The van der Waals surface area contributed by atoms with E-state index in [1.165, 1.54) is 51.4 Å². The van der Waals surface area contributed by atoms with Crippen LogP contribution in [-0.2, 0) is 14.3 Å². The molecule has 2 fully saturated rings. The number of ketones is 1. The van der Waals surface area contributed by atoms with E-state index in [1.54, 1.807) is 26.0 Å². The van der Waals surface area contributed by atoms with Crippen LogP contribution in [0.15, 0.2) is 23.3 Å². The Morgan fingerprint density at radius 1 is 0.951 bits per heavy atom. The van der Waals surface area contributed by atoms with E-state index in [4.69, 9.17) is 4.74 Å². The van der Waals surface area contributed by atoms with Gasteiger partial charge in [0.2, 0.25) is 0 Å². The lowest BCUT2D eigenvalue weighted by atomic mass is 9.59. The molecule has 0 bridgehead atoms. The smallest absolute Gasteiger partial charge is 0.306 e. The molecule has 0 aromatic carbocycles. The molecule has 0 radical (unpaired) electrons. The monoisotopic (exact) mass is 574 g/mol. The Bertz CT molecular complexity index is 1050. The third kappa shape index (κ3) is 5.38. The number of ether oxygens (including phenoxy) is 1. The van der Waals surface area contributed by atoms with Crippen molar-refractivity contribution in [3.05, 3.63) is 23.3 Å². The average Bonchev–Trinajstić information content (AvgIpc) is 3.32. The van der Waals surface area contributed by atoms with Crippen molar-refractivity contribution in [2.24, 2.45) is 29.1 Å². The highest BCUT2D eigenvalue weighted by atomic mass is 16.6. The Labute approximate surface area is 246 Å². The van der Waals surface area contributed by atoms with Gasteiger partial charge < -0.3 is 25.2 Å². The highest BCUT2D eigenvalue weighted by Gasteiger charge is 2.85. The van der Waals surface area contributed by atoms with E-state index in [0.717, 1.165) is 19.3 Å². The normalized spacial score (nSPS) is 38.8. The van der Waals surface area contributed by atoms with Crippen LogP contribution in [0.4, 0.5) is 0 Å². The van der Waals surface area contributed by atoms with Gasteiger partial charge in [0.15, 0.2) is 5.78 Å². The van der Waals surface area contributed by atoms with E-state index in [2.05, 4.69) is 6.92 Å². The zero-order valence-electron chi connectivity index (χ0n) is 26.0. The fraction of sp³-hybridized carbons (Fsp3) is 0.824. The summed E-state index contributed by atoms with van der Waals surface area (Å²) in [6, 6.07) is 0. The van der Waals surface area contributed by atoms with Crippen LogP contribution in [0.2, 0.25) is 0 Å². The summed E-state index contributed by atoms with van der Waals surface area (Å²) in [6.45, 7) is 9.07. The molecular formula is C34H54O7. The second kappa shape index (κ2) is 12.2. The van der Waals surface area contributed by atoms with Gasteiger partial charge in [-0.3, -0.25) is 9.59 Å². The van der Waals surface area contributed by atoms with Crippen LogP contribution in [0.5, 0.6) is 0 Å². The molecule has 0 aromatic heterocycles. The van der Waals surface area contributed by atoms with Crippen molar-refractivity contribution >= 4 is 11.8 Å². The topological polar surface area (TPSA) is 124 Å². The van der Waals surface area contributed by atoms with Crippen molar-refractivity contribution in [2.75, 3.05) is 6.61 Å². The van der Waals surface area contributed by atoms with Gasteiger partial charge in [0, 0.05) is 41.9 Å². The number of unbranched alkanes of at least 4 members (excludes halogenated alkanes) is 10. The van der Waals surface area contributed by atoms with Crippen LogP contribution in [0.25, 0.3) is 0 Å². The summed E-state index contributed by atoms with van der Waals surface area (Å²) in [5.41, 5.74) is -4.76. The van der Waals surface area contributed by atoms with E-state index in [-0.39, 0.29) is 25.4 Å². The number of hydrogen-bond donors (Lipinski definition) is 4. The number of aliphatic hydroxyl groups excluding tert-OH is 1. The summed E-state index contributed by atoms with van der Waals surface area (Å²) < 4.78 is 6.03. The molecule has 2 saturated carbocycles. The number of fused-ring (bicyclic) bond motifs is 5. The predicted molar refractivity (Wildman–Crippen MR) is 158 cm³/mol. The summed E-state index contributed by atoms with van der Waals surface area (Å²) >= 11 is 0. The third-order valence-electron chi connectivity index (χ3n) is 11.2. The Morgan fingerprint density at radius 3 is 2.07 bits per heavy atom. The minimum absolute atomic E-state index is 0.0821. The lowest BCUT2D eigenvalue weighted by molar-refractivity contribution is -0.221. The van der Waals surface area contributed by atoms with Crippen molar-refractivity contribution in [1.29, 1.82) is 0 Å². The summed E-state index contributed by atoms with van der Waals surface area (Å²) in [5.74, 6) is -3.66.